The summed E-state index contributed by atoms with van der Waals surface area (Å²) in [7, 11) is -3.46. The van der Waals surface area contributed by atoms with E-state index in [-0.39, 0.29) is 10.1 Å². The van der Waals surface area contributed by atoms with Crippen LogP contribution in [0, 0.1) is 0 Å². The maximum absolute atomic E-state index is 12.1. The fourth-order valence-electron chi connectivity index (χ4n) is 1.12. The van der Waals surface area contributed by atoms with Crippen LogP contribution >= 0.6 is 50.5 Å². The predicted molar refractivity (Wildman–Crippen MR) is 72.2 cm³/mol. The van der Waals surface area contributed by atoms with Crippen LogP contribution in [-0.4, -0.2) is 31.7 Å². The minimum Gasteiger partial charge on any atom is -0.206 e. The molecule has 0 unspecified atom stereocenters. The van der Waals surface area contributed by atoms with Gasteiger partial charge in [0.15, 0.2) is 0 Å². The molecule has 0 saturated heterocycles. The zero-order valence-electron chi connectivity index (χ0n) is 8.41. The van der Waals surface area contributed by atoms with E-state index in [1.54, 1.807) is 6.92 Å². The number of hydrogen-bond donors (Lipinski definition) is 0. The highest BCUT2D eigenvalue weighted by atomic mass is 79.9. The quantitative estimate of drug-likeness (QED) is 0.748. The van der Waals surface area contributed by atoms with E-state index in [4.69, 9.17) is 23.2 Å². The Bertz CT molecular complexity index is 441. The minimum atomic E-state index is -3.46. The van der Waals surface area contributed by atoms with Gasteiger partial charge >= 0.3 is 0 Å². The molecule has 0 aliphatic rings. The normalized spacial score (nSPS) is 12.3. The molecule has 3 nitrogen and oxygen atoms in total. The van der Waals surface area contributed by atoms with Gasteiger partial charge in [0.05, 0.1) is 8.81 Å². The Balaban J connectivity index is 3.09. The third-order valence-corrected chi connectivity index (χ3v) is 6.97. The third-order valence-electron chi connectivity index (χ3n) is 1.90. The van der Waals surface area contributed by atoms with Crippen LogP contribution < -0.4 is 0 Å². The predicted octanol–water partition coefficient (Wildman–Crippen LogP) is 3.41. The molecular weight excluding hydrogens is 357 g/mol. The second-order valence-corrected chi connectivity index (χ2v) is 8.19. The van der Waals surface area contributed by atoms with Crippen molar-refractivity contribution in [1.29, 1.82) is 0 Å². The van der Waals surface area contributed by atoms with Crippen LogP contribution in [0.5, 0.6) is 0 Å². The Morgan fingerprint density at radius 3 is 2.56 bits per heavy atom. The van der Waals surface area contributed by atoms with Gasteiger partial charge in [0.25, 0.3) is 10.0 Å². The summed E-state index contributed by atoms with van der Waals surface area (Å²) in [6.07, 6.45) is 0. The summed E-state index contributed by atoms with van der Waals surface area (Å²) in [6.45, 7) is 2.46. The summed E-state index contributed by atoms with van der Waals surface area (Å²) in [5.41, 5.74) is 0. The number of rotatable bonds is 5. The van der Waals surface area contributed by atoms with Gasteiger partial charge in [-0.1, -0.05) is 18.5 Å². The molecule has 0 N–H and O–H groups in total. The molecule has 1 aromatic rings. The van der Waals surface area contributed by atoms with Crippen LogP contribution in [0.4, 0.5) is 0 Å². The number of hydrogen-bond acceptors (Lipinski definition) is 3. The summed E-state index contributed by atoms with van der Waals surface area (Å²) in [5.74, 6) is 0.271. The van der Waals surface area contributed by atoms with E-state index in [0.29, 0.717) is 21.9 Å². The zero-order valence-corrected chi connectivity index (χ0v) is 13.1. The number of nitrogens with zero attached hydrogens (tertiary/aromatic N) is 1. The van der Waals surface area contributed by atoms with Gasteiger partial charge in [-0.15, -0.1) is 22.9 Å². The second-order valence-electron chi connectivity index (χ2n) is 2.87. The molecule has 92 valence electrons. The number of halogens is 3. The highest BCUT2D eigenvalue weighted by Gasteiger charge is 2.25. The molecule has 0 spiro atoms. The van der Waals surface area contributed by atoms with Gasteiger partial charge in [-0.2, -0.15) is 4.31 Å². The Morgan fingerprint density at radius 1 is 1.56 bits per heavy atom. The average Bonchev–Trinajstić information content (AvgIpc) is 2.56. The Kier molecular flexibility index (Phi) is 5.54. The molecule has 1 heterocycles. The first kappa shape index (κ1) is 14.7. The van der Waals surface area contributed by atoms with Crippen molar-refractivity contribution in [2.75, 3.05) is 19.0 Å². The molecule has 8 heteroatoms. The molecule has 0 aliphatic carbocycles. The summed E-state index contributed by atoms with van der Waals surface area (Å²) < 4.78 is 26.4. The minimum absolute atomic E-state index is 0.233. The van der Waals surface area contributed by atoms with Crippen molar-refractivity contribution in [3.05, 3.63) is 14.9 Å². The van der Waals surface area contributed by atoms with Crippen LogP contribution in [0.2, 0.25) is 5.02 Å². The van der Waals surface area contributed by atoms with Crippen LogP contribution in [0.15, 0.2) is 14.1 Å². The number of sulfonamides is 1. The lowest BCUT2D eigenvalue weighted by molar-refractivity contribution is 0.448. The Morgan fingerprint density at radius 2 is 2.19 bits per heavy atom. The summed E-state index contributed by atoms with van der Waals surface area (Å²) in [6, 6.07) is 1.45. The van der Waals surface area contributed by atoms with Gasteiger partial charge in [-0.25, -0.2) is 8.42 Å². The lowest BCUT2D eigenvalue weighted by Gasteiger charge is -2.17. The lowest BCUT2D eigenvalue weighted by Crippen LogP contribution is -2.32. The van der Waals surface area contributed by atoms with Gasteiger partial charge in [-0.3, -0.25) is 0 Å². The molecule has 0 fully saturated rings. The third kappa shape index (κ3) is 3.11. The van der Waals surface area contributed by atoms with Gasteiger partial charge in [0.1, 0.15) is 4.21 Å². The molecule has 0 aromatic carbocycles. The molecular formula is C8H10BrCl2NO2S2. The summed E-state index contributed by atoms with van der Waals surface area (Å²) >= 11 is 15.7. The lowest BCUT2D eigenvalue weighted by atomic mass is 10.7. The van der Waals surface area contributed by atoms with Crippen molar-refractivity contribution in [3.63, 3.8) is 0 Å². The molecule has 0 aliphatic heterocycles. The second kappa shape index (κ2) is 6.02. The standard InChI is InChI=1S/C8H10BrCl2NO2S2/c1-2-12(4-3-10)16(13,14)7-5-6(11)8(9)15-7/h5H,2-4H2,1H3. The monoisotopic (exact) mass is 365 g/mol. The van der Waals surface area contributed by atoms with Crippen molar-refractivity contribution in [3.8, 4) is 0 Å². The van der Waals surface area contributed by atoms with E-state index in [2.05, 4.69) is 15.9 Å². The molecule has 1 rings (SSSR count). The highest BCUT2D eigenvalue weighted by molar-refractivity contribution is 9.11. The average molecular weight is 367 g/mol. The molecule has 16 heavy (non-hydrogen) atoms. The van der Waals surface area contributed by atoms with E-state index >= 15 is 0 Å². The summed E-state index contributed by atoms with van der Waals surface area (Å²) in [5, 5.41) is 0.408. The summed E-state index contributed by atoms with van der Waals surface area (Å²) in [4.78, 5) is 0. The van der Waals surface area contributed by atoms with Crippen LogP contribution in [0.3, 0.4) is 0 Å². The Labute approximate surface area is 118 Å². The largest absolute Gasteiger partial charge is 0.252 e. The molecule has 0 radical (unpaired) electrons. The van der Waals surface area contributed by atoms with Gasteiger partial charge in [0.2, 0.25) is 0 Å². The van der Waals surface area contributed by atoms with Crippen molar-refractivity contribution in [1.82, 2.24) is 4.31 Å². The molecule has 1 aromatic heterocycles. The van der Waals surface area contributed by atoms with E-state index in [1.807, 2.05) is 0 Å². The first-order chi connectivity index (χ1) is 7.43. The first-order valence-corrected chi connectivity index (χ1v) is 8.40. The van der Waals surface area contributed by atoms with Crippen molar-refractivity contribution in [2.24, 2.45) is 0 Å². The molecule has 0 amide bonds. The maximum atomic E-state index is 12.1. The molecule has 0 bridgehead atoms. The topological polar surface area (TPSA) is 37.4 Å². The molecule has 0 saturated carbocycles. The smallest absolute Gasteiger partial charge is 0.206 e. The zero-order chi connectivity index (χ0) is 12.3. The van der Waals surface area contributed by atoms with Gasteiger partial charge in [0, 0.05) is 19.0 Å². The maximum Gasteiger partial charge on any atom is 0.252 e. The van der Waals surface area contributed by atoms with E-state index in [9.17, 15) is 8.42 Å². The Hall–Kier alpha value is 0.670. The van der Waals surface area contributed by atoms with Crippen molar-refractivity contribution in [2.45, 2.75) is 11.1 Å². The first-order valence-electron chi connectivity index (χ1n) is 4.44. The van der Waals surface area contributed by atoms with E-state index in [1.165, 1.54) is 10.4 Å². The van der Waals surface area contributed by atoms with Gasteiger partial charge < -0.3 is 0 Å². The van der Waals surface area contributed by atoms with Gasteiger partial charge in [-0.05, 0) is 22.0 Å². The van der Waals surface area contributed by atoms with E-state index in [0.717, 1.165) is 11.3 Å². The van der Waals surface area contributed by atoms with E-state index < -0.39 is 10.0 Å². The fourth-order valence-corrected chi connectivity index (χ4v) is 5.43. The van der Waals surface area contributed by atoms with Crippen LogP contribution in [-0.2, 0) is 10.0 Å². The van der Waals surface area contributed by atoms with Crippen LogP contribution in [0.25, 0.3) is 0 Å². The highest BCUT2D eigenvalue weighted by Crippen LogP contribution is 2.35. The van der Waals surface area contributed by atoms with Crippen LogP contribution in [0.1, 0.15) is 6.92 Å². The van der Waals surface area contributed by atoms with Crippen molar-refractivity contribution < 1.29 is 8.42 Å². The SMILES string of the molecule is CCN(CCCl)S(=O)(=O)c1cc(Cl)c(Br)s1. The number of thiophene rings is 1. The molecule has 0 atom stereocenters. The number of alkyl halides is 1. The van der Waals surface area contributed by atoms with Crippen molar-refractivity contribution >= 4 is 60.5 Å². The fraction of sp³-hybridized carbons (Fsp3) is 0.500.